The SMILES string of the molecule is COC[C@]12CC[C@@](C)(O)C[C@H]1CC[C@H]1[C@@H]3CC[C@H](C(=O)Cn4cnnn4)[C@@]3(C)CC[C@@H]12. The Bertz CT molecular complexity index is 812. The minimum atomic E-state index is -0.529. The summed E-state index contributed by atoms with van der Waals surface area (Å²) in [6.45, 7) is 5.52. The number of fused-ring (bicyclic) bond motifs is 5. The molecule has 7 heteroatoms. The fourth-order valence-electron chi connectivity index (χ4n) is 8.83. The van der Waals surface area contributed by atoms with Gasteiger partial charge < -0.3 is 9.84 Å². The number of carbonyl (C=O) groups is 1. The molecule has 4 aliphatic rings. The van der Waals surface area contributed by atoms with Gasteiger partial charge in [-0.15, -0.1) is 5.10 Å². The van der Waals surface area contributed by atoms with Gasteiger partial charge in [0.05, 0.1) is 12.2 Å². The van der Waals surface area contributed by atoms with Gasteiger partial charge in [-0.25, -0.2) is 4.68 Å². The number of tetrazole rings is 1. The van der Waals surface area contributed by atoms with Crippen molar-refractivity contribution >= 4 is 5.78 Å². The molecule has 8 atom stereocenters. The smallest absolute Gasteiger partial charge is 0.158 e. The van der Waals surface area contributed by atoms with Gasteiger partial charge in [0.25, 0.3) is 0 Å². The third kappa shape index (κ3) is 3.38. The van der Waals surface area contributed by atoms with E-state index in [-0.39, 0.29) is 16.7 Å². The lowest BCUT2D eigenvalue weighted by Crippen LogP contribution is -2.58. The van der Waals surface area contributed by atoms with Crippen molar-refractivity contribution in [3.63, 3.8) is 0 Å². The van der Waals surface area contributed by atoms with E-state index in [0.717, 1.165) is 45.1 Å². The van der Waals surface area contributed by atoms with Crippen LogP contribution in [0.15, 0.2) is 6.33 Å². The second-order valence-corrected chi connectivity index (χ2v) is 11.7. The van der Waals surface area contributed by atoms with E-state index >= 15 is 0 Å². The van der Waals surface area contributed by atoms with E-state index in [1.807, 2.05) is 14.0 Å². The number of ketones is 1. The van der Waals surface area contributed by atoms with E-state index in [2.05, 4.69) is 22.4 Å². The van der Waals surface area contributed by atoms with E-state index in [0.29, 0.717) is 36.0 Å². The zero-order valence-electron chi connectivity index (χ0n) is 19.3. The van der Waals surface area contributed by atoms with Crippen molar-refractivity contribution in [3.8, 4) is 0 Å². The van der Waals surface area contributed by atoms with Crippen LogP contribution in [0.25, 0.3) is 0 Å². The number of Topliss-reactive ketones (excluding diaryl/α,β-unsaturated/α-hetero) is 1. The molecular weight excluding hydrogens is 392 g/mol. The maximum Gasteiger partial charge on any atom is 0.158 e. The van der Waals surface area contributed by atoms with Crippen LogP contribution in [-0.4, -0.2) is 50.4 Å². The molecular formula is C24H38N4O3. The molecule has 4 aliphatic carbocycles. The Morgan fingerprint density at radius 1 is 1.13 bits per heavy atom. The molecule has 5 rings (SSSR count). The van der Waals surface area contributed by atoms with Crippen molar-refractivity contribution in [2.24, 2.45) is 40.4 Å². The van der Waals surface area contributed by atoms with E-state index in [9.17, 15) is 9.90 Å². The minimum Gasteiger partial charge on any atom is -0.390 e. The Morgan fingerprint density at radius 3 is 2.71 bits per heavy atom. The van der Waals surface area contributed by atoms with Crippen molar-refractivity contribution in [1.29, 1.82) is 0 Å². The quantitative estimate of drug-likeness (QED) is 0.771. The molecule has 0 aromatic carbocycles. The molecule has 0 saturated heterocycles. The number of methoxy groups -OCH3 is 1. The fourth-order valence-corrected chi connectivity index (χ4v) is 8.83. The predicted molar refractivity (Wildman–Crippen MR) is 115 cm³/mol. The lowest BCUT2D eigenvalue weighted by Gasteiger charge is -2.62. The molecule has 0 unspecified atom stereocenters. The summed E-state index contributed by atoms with van der Waals surface area (Å²) in [7, 11) is 1.85. The third-order valence-corrected chi connectivity index (χ3v) is 10.2. The van der Waals surface area contributed by atoms with E-state index in [1.54, 1.807) is 4.68 Å². The van der Waals surface area contributed by atoms with Gasteiger partial charge in [-0.05, 0) is 110 Å². The monoisotopic (exact) mass is 430 g/mol. The van der Waals surface area contributed by atoms with Crippen molar-refractivity contribution in [2.75, 3.05) is 13.7 Å². The van der Waals surface area contributed by atoms with Crippen LogP contribution < -0.4 is 0 Å². The number of nitrogens with zero attached hydrogens (tertiary/aromatic N) is 4. The first-order valence-corrected chi connectivity index (χ1v) is 12.2. The molecule has 1 aromatic heterocycles. The zero-order valence-corrected chi connectivity index (χ0v) is 19.3. The van der Waals surface area contributed by atoms with Gasteiger partial charge in [-0.2, -0.15) is 0 Å². The first kappa shape index (κ1) is 21.5. The van der Waals surface area contributed by atoms with Crippen molar-refractivity contribution in [3.05, 3.63) is 6.33 Å². The maximum atomic E-state index is 13.2. The van der Waals surface area contributed by atoms with Gasteiger partial charge in [0.15, 0.2) is 5.78 Å². The Kier molecular flexibility index (Phi) is 5.28. The van der Waals surface area contributed by atoms with Gasteiger partial charge in [0.2, 0.25) is 0 Å². The van der Waals surface area contributed by atoms with Crippen LogP contribution in [0.5, 0.6) is 0 Å². The molecule has 7 nitrogen and oxygen atoms in total. The average Bonchev–Trinajstić information content (AvgIpc) is 3.35. The Morgan fingerprint density at radius 2 is 1.97 bits per heavy atom. The lowest BCUT2D eigenvalue weighted by atomic mass is 9.43. The fraction of sp³-hybridized carbons (Fsp3) is 0.917. The predicted octanol–water partition coefficient (Wildman–Crippen LogP) is 3.28. The molecule has 0 radical (unpaired) electrons. The number of hydrogen-bond acceptors (Lipinski definition) is 6. The minimum absolute atomic E-state index is 0.0908. The summed E-state index contributed by atoms with van der Waals surface area (Å²) in [5.41, 5.74) is -0.234. The number of aromatic nitrogens is 4. The largest absolute Gasteiger partial charge is 0.390 e. The van der Waals surface area contributed by atoms with Crippen molar-refractivity contribution < 1.29 is 14.6 Å². The van der Waals surface area contributed by atoms with Gasteiger partial charge in [0, 0.05) is 13.0 Å². The van der Waals surface area contributed by atoms with Crippen molar-refractivity contribution in [1.82, 2.24) is 20.2 Å². The maximum absolute atomic E-state index is 13.2. The molecule has 1 heterocycles. The summed E-state index contributed by atoms with van der Waals surface area (Å²) < 4.78 is 7.42. The van der Waals surface area contributed by atoms with Gasteiger partial charge >= 0.3 is 0 Å². The summed E-state index contributed by atoms with van der Waals surface area (Å²) in [6, 6.07) is 0. The molecule has 1 aromatic rings. The second kappa shape index (κ2) is 7.62. The van der Waals surface area contributed by atoms with Crippen LogP contribution in [-0.2, 0) is 16.1 Å². The van der Waals surface area contributed by atoms with Crippen LogP contribution >= 0.6 is 0 Å². The molecule has 0 amide bonds. The average molecular weight is 431 g/mol. The highest BCUT2D eigenvalue weighted by Gasteiger charge is 2.63. The third-order valence-electron chi connectivity index (χ3n) is 10.2. The second-order valence-electron chi connectivity index (χ2n) is 11.7. The molecule has 31 heavy (non-hydrogen) atoms. The summed E-state index contributed by atoms with van der Waals surface area (Å²) >= 11 is 0. The van der Waals surface area contributed by atoms with Gasteiger partial charge in [-0.1, -0.05) is 6.92 Å². The normalized spacial score (nSPS) is 46.8. The number of carbonyl (C=O) groups excluding carboxylic acids is 1. The lowest BCUT2D eigenvalue weighted by molar-refractivity contribution is -0.175. The molecule has 4 fully saturated rings. The summed E-state index contributed by atoms with van der Waals surface area (Å²) in [5, 5.41) is 22.1. The number of rotatable bonds is 5. The first-order valence-electron chi connectivity index (χ1n) is 12.2. The number of hydrogen-bond donors (Lipinski definition) is 1. The van der Waals surface area contributed by atoms with E-state index in [4.69, 9.17) is 4.74 Å². The highest BCUT2D eigenvalue weighted by atomic mass is 16.5. The van der Waals surface area contributed by atoms with Crippen molar-refractivity contribution in [2.45, 2.75) is 83.8 Å². The topological polar surface area (TPSA) is 90.1 Å². The van der Waals surface area contributed by atoms with E-state index in [1.165, 1.54) is 25.6 Å². The zero-order chi connectivity index (χ0) is 21.9. The highest BCUT2D eigenvalue weighted by molar-refractivity contribution is 5.82. The van der Waals surface area contributed by atoms with Crippen LogP contribution in [0.4, 0.5) is 0 Å². The Labute approximate surface area is 185 Å². The van der Waals surface area contributed by atoms with Crippen LogP contribution in [0, 0.1) is 40.4 Å². The highest BCUT2D eigenvalue weighted by Crippen LogP contribution is 2.68. The standard InChI is InChI=1S/C24H38N4O3/c1-22(30)10-11-24(14-31-3)16(12-22)4-5-17-18-6-7-20(23(18,2)9-8-19(17)24)21(29)13-28-15-25-26-27-28/h15-20,30H,4-14H2,1-3H3/t16-,17+,18+,19+,20-,22-,23+,24-/m1/s1. The summed E-state index contributed by atoms with van der Waals surface area (Å²) in [5.74, 6) is 2.93. The molecule has 0 spiro atoms. The molecule has 172 valence electrons. The van der Waals surface area contributed by atoms with Gasteiger partial charge in [0.1, 0.15) is 12.9 Å². The number of ether oxygens (including phenoxy) is 1. The van der Waals surface area contributed by atoms with Crippen LogP contribution in [0.2, 0.25) is 0 Å². The number of aliphatic hydroxyl groups is 1. The molecule has 0 aliphatic heterocycles. The molecule has 0 bridgehead atoms. The molecule has 1 N–H and O–H groups in total. The van der Waals surface area contributed by atoms with Crippen LogP contribution in [0.3, 0.4) is 0 Å². The van der Waals surface area contributed by atoms with Crippen LogP contribution in [0.1, 0.15) is 71.6 Å². The summed E-state index contributed by atoms with van der Waals surface area (Å²) in [6.07, 6.45) is 11.3. The first-order chi connectivity index (χ1) is 14.8. The Balaban J connectivity index is 1.38. The Hall–Kier alpha value is -1.34. The molecule has 4 saturated carbocycles. The van der Waals surface area contributed by atoms with E-state index < -0.39 is 5.60 Å². The summed E-state index contributed by atoms with van der Waals surface area (Å²) in [4.78, 5) is 13.2. The van der Waals surface area contributed by atoms with Gasteiger partial charge in [-0.3, -0.25) is 4.79 Å².